The maximum atomic E-state index is 10.1. The second-order valence-electron chi connectivity index (χ2n) is 2.15. The van der Waals surface area contributed by atoms with E-state index in [0.29, 0.717) is 0 Å². The molecule has 0 N–H and O–H groups in total. The van der Waals surface area contributed by atoms with Crippen molar-refractivity contribution in [3.8, 4) is 0 Å². The van der Waals surface area contributed by atoms with Gasteiger partial charge in [-0.1, -0.05) is 30.3 Å². The molecule has 0 spiro atoms. The minimum Gasteiger partial charge on any atom is -0.550 e. The van der Waals surface area contributed by atoms with Crippen molar-refractivity contribution in [2.75, 3.05) is 0 Å². The van der Waals surface area contributed by atoms with E-state index in [1.54, 1.807) is 18.2 Å². The first-order chi connectivity index (χ1) is 6.04. The van der Waals surface area contributed by atoms with Crippen molar-refractivity contribution >= 4 is 11.9 Å². The van der Waals surface area contributed by atoms with Gasteiger partial charge in [-0.2, -0.15) is 0 Å². The zero-order valence-corrected chi connectivity index (χ0v) is 15.3. The fraction of sp³-hybridized carbons (Fsp3) is 0.111. The van der Waals surface area contributed by atoms with Gasteiger partial charge >= 0.3 is 103 Å². The molecule has 0 saturated heterocycles. The quantitative estimate of drug-likeness (QED) is 0.469. The van der Waals surface area contributed by atoms with E-state index in [2.05, 4.69) is 0 Å². The summed E-state index contributed by atoms with van der Waals surface area (Å²) >= 11 is 0. The van der Waals surface area contributed by atoms with Crippen LogP contribution in [0.3, 0.4) is 0 Å². The zero-order valence-electron chi connectivity index (χ0n) is 9.02. The Kier molecular flexibility index (Phi) is 19.5. The number of carboxylic acids is 2. The topological polar surface area (TPSA) is 80.3 Å². The van der Waals surface area contributed by atoms with Gasteiger partial charge in [-0.25, -0.2) is 0 Å². The van der Waals surface area contributed by atoms with Gasteiger partial charge in [-0.15, -0.1) is 0 Å². The van der Waals surface area contributed by atoms with E-state index in [0.717, 1.165) is 6.92 Å². The van der Waals surface area contributed by atoms with Gasteiger partial charge in [0, 0.05) is 5.97 Å². The van der Waals surface area contributed by atoms with Crippen LogP contribution in [0, 0.1) is 0 Å². The summed E-state index contributed by atoms with van der Waals surface area (Å²) in [4.78, 5) is 19.0. The first-order valence-corrected chi connectivity index (χ1v) is 3.48. The van der Waals surface area contributed by atoms with E-state index >= 15 is 0 Å². The molecular formula is C9H8K2O4. The Balaban J connectivity index is -0.000000213. The van der Waals surface area contributed by atoms with E-state index in [-0.39, 0.29) is 108 Å². The molecule has 6 heteroatoms. The fourth-order valence-corrected chi connectivity index (χ4v) is 0.574. The second kappa shape index (κ2) is 13.5. The molecule has 0 saturated carbocycles. The summed E-state index contributed by atoms with van der Waals surface area (Å²) in [6.45, 7) is 0.972. The molecule has 0 radical (unpaired) electrons. The minimum absolute atomic E-state index is 0. The van der Waals surface area contributed by atoms with Crippen molar-refractivity contribution in [3.63, 3.8) is 0 Å². The fourth-order valence-electron chi connectivity index (χ4n) is 0.574. The van der Waals surface area contributed by atoms with Crippen LogP contribution in [0.2, 0.25) is 0 Å². The van der Waals surface area contributed by atoms with Crippen LogP contribution in [0.4, 0.5) is 0 Å². The Morgan fingerprint density at radius 2 is 1.33 bits per heavy atom. The van der Waals surface area contributed by atoms with Crippen LogP contribution < -0.4 is 113 Å². The number of carbonyl (C=O) groups excluding carboxylic acids is 2. The van der Waals surface area contributed by atoms with Crippen LogP contribution in [0.5, 0.6) is 0 Å². The first kappa shape index (κ1) is 21.7. The zero-order chi connectivity index (χ0) is 10.3. The Labute approximate surface area is 173 Å². The normalized spacial score (nSPS) is 7.00. The third-order valence-corrected chi connectivity index (χ3v) is 1.01. The molecule has 0 amide bonds. The van der Waals surface area contributed by atoms with Crippen molar-refractivity contribution in [1.82, 2.24) is 0 Å². The van der Waals surface area contributed by atoms with E-state index in [4.69, 9.17) is 9.90 Å². The van der Waals surface area contributed by atoms with Gasteiger partial charge in [0.25, 0.3) is 0 Å². The third kappa shape index (κ3) is 15.4. The summed E-state index contributed by atoms with van der Waals surface area (Å²) in [5.74, 6) is -2.21. The molecule has 0 aliphatic rings. The Bertz CT molecular complexity index is 283. The largest absolute Gasteiger partial charge is 1.00 e. The van der Waals surface area contributed by atoms with E-state index in [1.807, 2.05) is 0 Å². The van der Waals surface area contributed by atoms with Crippen molar-refractivity contribution < 1.29 is 123 Å². The Morgan fingerprint density at radius 3 is 1.53 bits per heavy atom. The van der Waals surface area contributed by atoms with Gasteiger partial charge in [0.2, 0.25) is 0 Å². The number of hydrogen-bond donors (Lipinski definition) is 0. The maximum absolute atomic E-state index is 10.1. The summed E-state index contributed by atoms with van der Waals surface area (Å²) in [5, 5.41) is 19.0. The van der Waals surface area contributed by atoms with Crippen LogP contribution in [0.25, 0.3) is 0 Å². The van der Waals surface area contributed by atoms with Crippen molar-refractivity contribution in [2.24, 2.45) is 0 Å². The van der Waals surface area contributed by atoms with Crippen molar-refractivity contribution in [2.45, 2.75) is 6.92 Å². The summed E-state index contributed by atoms with van der Waals surface area (Å²) in [6.07, 6.45) is 0. The molecule has 1 aromatic rings. The predicted octanol–water partition coefficient (Wildman–Crippen LogP) is -7.19. The van der Waals surface area contributed by atoms with Crippen LogP contribution in [0.1, 0.15) is 17.3 Å². The number of rotatable bonds is 1. The number of carbonyl (C=O) groups is 2. The first-order valence-electron chi connectivity index (χ1n) is 3.48. The number of aliphatic carboxylic acids is 1. The SMILES string of the molecule is CC(=O)[O-].O=C([O-])c1ccccc1.[K+].[K+]. The molecule has 70 valence electrons. The number of carboxylic acid groups (broad SMARTS) is 2. The van der Waals surface area contributed by atoms with Gasteiger partial charge < -0.3 is 19.8 Å². The number of aromatic carboxylic acids is 1. The minimum atomic E-state index is -1.13. The molecule has 0 aromatic heterocycles. The second-order valence-corrected chi connectivity index (χ2v) is 2.15. The van der Waals surface area contributed by atoms with E-state index in [9.17, 15) is 9.90 Å². The summed E-state index contributed by atoms with van der Waals surface area (Å²) < 4.78 is 0. The molecular weight excluding hydrogens is 250 g/mol. The molecule has 0 bridgehead atoms. The summed E-state index contributed by atoms with van der Waals surface area (Å²) in [6, 6.07) is 8.06. The van der Waals surface area contributed by atoms with Gasteiger partial charge in [-0.05, 0) is 12.5 Å². The Hall–Kier alpha value is 1.43. The van der Waals surface area contributed by atoms with Crippen LogP contribution >= 0.6 is 0 Å². The molecule has 15 heavy (non-hydrogen) atoms. The third-order valence-electron chi connectivity index (χ3n) is 1.01. The van der Waals surface area contributed by atoms with Crippen LogP contribution in [-0.2, 0) is 4.79 Å². The maximum Gasteiger partial charge on any atom is 1.00 e. The van der Waals surface area contributed by atoms with Gasteiger partial charge in [-0.3, -0.25) is 0 Å². The van der Waals surface area contributed by atoms with E-state index in [1.165, 1.54) is 12.1 Å². The monoisotopic (exact) mass is 258 g/mol. The smallest absolute Gasteiger partial charge is 0.550 e. The standard InChI is InChI=1S/C7H6O2.C2H4O2.2K/c8-7(9)6-4-2-1-3-5-6;1-2(3)4;;/h1-5H,(H,8,9);1H3,(H,3,4);;/q;;2*+1/p-2. The molecule has 0 fully saturated rings. The molecule has 0 heterocycles. The summed E-state index contributed by atoms with van der Waals surface area (Å²) in [7, 11) is 0. The predicted molar refractivity (Wildman–Crippen MR) is 41.5 cm³/mol. The average Bonchev–Trinajstić information content (AvgIpc) is 2.05. The molecule has 0 aliphatic carbocycles. The molecule has 1 rings (SSSR count). The van der Waals surface area contributed by atoms with E-state index < -0.39 is 11.9 Å². The Morgan fingerprint density at radius 1 is 1.00 bits per heavy atom. The molecule has 0 aliphatic heterocycles. The number of benzene rings is 1. The van der Waals surface area contributed by atoms with Gasteiger partial charge in [0.05, 0.1) is 5.97 Å². The molecule has 0 atom stereocenters. The van der Waals surface area contributed by atoms with Crippen LogP contribution in [0.15, 0.2) is 30.3 Å². The van der Waals surface area contributed by atoms with Crippen LogP contribution in [-0.4, -0.2) is 11.9 Å². The van der Waals surface area contributed by atoms with Crippen molar-refractivity contribution in [3.05, 3.63) is 35.9 Å². The van der Waals surface area contributed by atoms with Crippen molar-refractivity contribution in [1.29, 1.82) is 0 Å². The average molecular weight is 258 g/mol. The molecule has 0 unspecified atom stereocenters. The molecule has 1 aromatic carbocycles. The molecule has 4 nitrogen and oxygen atoms in total. The summed E-state index contributed by atoms with van der Waals surface area (Å²) in [5.41, 5.74) is 0.220. The van der Waals surface area contributed by atoms with Gasteiger partial charge in [0.1, 0.15) is 0 Å². The van der Waals surface area contributed by atoms with Gasteiger partial charge in [0.15, 0.2) is 0 Å². The number of hydrogen-bond acceptors (Lipinski definition) is 4.